The van der Waals surface area contributed by atoms with Crippen molar-refractivity contribution in [2.75, 3.05) is 0 Å². The van der Waals surface area contributed by atoms with Crippen LogP contribution in [0.15, 0.2) is 12.3 Å². The standard InChI is InChI=1S/C12H3F8NO/c13-4-1-3(2-21-11(4)22-12(19)20)5-6(14)8(16)10(18)9(17)7(5)15/h1-2,12H. The molecule has 0 fully saturated rings. The van der Waals surface area contributed by atoms with E-state index in [1.54, 1.807) is 0 Å². The van der Waals surface area contributed by atoms with Crippen molar-refractivity contribution >= 4 is 0 Å². The molecular weight excluding hydrogens is 326 g/mol. The van der Waals surface area contributed by atoms with Crippen molar-refractivity contribution in [3.8, 4) is 17.0 Å². The fourth-order valence-electron chi connectivity index (χ4n) is 1.59. The fourth-order valence-corrected chi connectivity index (χ4v) is 1.59. The number of pyridine rings is 1. The minimum atomic E-state index is -3.41. The predicted molar refractivity (Wildman–Crippen MR) is 56.1 cm³/mol. The maximum absolute atomic E-state index is 13.5. The molecule has 1 heterocycles. The largest absolute Gasteiger partial charge is 0.414 e. The third kappa shape index (κ3) is 2.68. The molecule has 0 bridgehead atoms. The molecule has 118 valence electrons. The molecule has 2 aromatic rings. The van der Waals surface area contributed by atoms with E-state index in [-0.39, 0.29) is 6.07 Å². The topological polar surface area (TPSA) is 22.1 Å². The first-order chi connectivity index (χ1) is 10.2. The lowest BCUT2D eigenvalue weighted by Crippen LogP contribution is -2.07. The molecule has 0 aliphatic heterocycles. The SMILES string of the molecule is Fc1cc(-c2c(F)c(F)c(F)c(F)c2F)cnc1OC(F)F. The second-order valence-corrected chi connectivity index (χ2v) is 3.83. The van der Waals surface area contributed by atoms with Crippen molar-refractivity contribution in [2.24, 2.45) is 0 Å². The minimum Gasteiger partial charge on any atom is -0.414 e. The maximum Gasteiger partial charge on any atom is 0.388 e. The zero-order valence-electron chi connectivity index (χ0n) is 10.1. The Kier molecular flexibility index (Phi) is 4.20. The summed E-state index contributed by atoms with van der Waals surface area (Å²) in [5.41, 5.74) is -2.28. The van der Waals surface area contributed by atoms with Gasteiger partial charge in [0.2, 0.25) is 5.82 Å². The predicted octanol–water partition coefficient (Wildman–Crippen LogP) is 4.18. The van der Waals surface area contributed by atoms with E-state index in [0.29, 0.717) is 6.20 Å². The van der Waals surface area contributed by atoms with Gasteiger partial charge in [-0.1, -0.05) is 0 Å². The highest BCUT2D eigenvalue weighted by Crippen LogP contribution is 2.32. The van der Waals surface area contributed by atoms with Gasteiger partial charge in [-0.3, -0.25) is 0 Å². The number of benzene rings is 1. The van der Waals surface area contributed by atoms with Gasteiger partial charge in [-0.2, -0.15) is 8.78 Å². The monoisotopic (exact) mass is 329 g/mol. The molecule has 0 N–H and O–H groups in total. The summed E-state index contributed by atoms with van der Waals surface area (Å²) < 4.78 is 107. The quantitative estimate of drug-likeness (QED) is 0.479. The molecule has 0 aliphatic carbocycles. The zero-order chi connectivity index (χ0) is 16.6. The van der Waals surface area contributed by atoms with Crippen LogP contribution in [0.4, 0.5) is 35.1 Å². The first-order valence-corrected chi connectivity index (χ1v) is 5.36. The molecule has 0 radical (unpaired) electrons. The number of halogens is 8. The van der Waals surface area contributed by atoms with Crippen LogP contribution in [0.25, 0.3) is 11.1 Å². The summed E-state index contributed by atoms with van der Waals surface area (Å²) in [6, 6.07) is 0.253. The van der Waals surface area contributed by atoms with Crippen LogP contribution in [0.1, 0.15) is 0 Å². The zero-order valence-corrected chi connectivity index (χ0v) is 10.1. The van der Waals surface area contributed by atoms with Crippen molar-refractivity contribution in [2.45, 2.75) is 6.61 Å². The number of ether oxygens (including phenoxy) is 1. The van der Waals surface area contributed by atoms with Crippen LogP contribution in [0, 0.1) is 34.9 Å². The van der Waals surface area contributed by atoms with Gasteiger partial charge in [0.15, 0.2) is 29.1 Å². The Morgan fingerprint density at radius 2 is 1.32 bits per heavy atom. The van der Waals surface area contributed by atoms with Crippen LogP contribution in [-0.4, -0.2) is 11.6 Å². The fraction of sp³-hybridized carbons (Fsp3) is 0.0833. The van der Waals surface area contributed by atoms with Crippen LogP contribution in [0.3, 0.4) is 0 Å². The molecule has 2 rings (SSSR count). The van der Waals surface area contributed by atoms with Crippen molar-refractivity contribution in [3.05, 3.63) is 47.2 Å². The van der Waals surface area contributed by atoms with Crippen molar-refractivity contribution in [3.63, 3.8) is 0 Å². The molecule has 10 heteroatoms. The van der Waals surface area contributed by atoms with Gasteiger partial charge < -0.3 is 4.74 Å². The number of alkyl halides is 2. The second-order valence-electron chi connectivity index (χ2n) is 3.83. The number of rotatable bonds is 3. The summed E-state index contributed by atoms with van der Waals surface area (Å²) in [7, 11) is 0. The van der Waals surface area contributed by atoms with Crippen LogP contribution in [0.5, 0.6) is 5.88 Å². The van der Waals surface area contributed by atoms with E-state index in [1.165, 1.54) is 0 Å². The van der Waals surface area contributed by atoms with Crippen LogP contribution < -0.4 is 4.74 Å². The summed E-state index contributed by atoms with van der Waals surface area (Å²) >= 11 is 0. The lowest BCUT2D eigenvalue weighted by atomic mass is 10.1. The van der Waals surface area contributed by atoms with Gasteiger partial charge in [-0.15, -0.1) is 0 Å². The first-order valence-electron chi connectivity index (χ1n) is 5.36. The van der Waals surface area contributed by atoms with Gasteiger partial charge in [0.25, 0.3) is 5.88 Å². The Bertz CT molecular complexity index is 705. The van der Waals surface area contributed by atoms with E-state index >= 15 is 0 Å². The summed E-state index contributed by atoms with van der Waals surface area (Å²) in [6.45, 7) is -3.41. The third-order valence-electron chi connectivity index (χ3n) is 2.51. The number of aromatic nitrogens is 1. The molecule has 1 aromatic carbocycles. The van der Waals surface area contributed by atoms with Gasteiger partial charge >= 0.3 is 6.61 Å². The average molecular weight is 329 g/mol. The molecule has 2 nitrogen and oxygen atoms in total. The van der Waals surface area contributed by atoms with Crippen LogP contribution in [0.2, 0.25) is 0 Å². The molecule has 0 amide bonds. The van der Waals surface area contributed by atoms with E-state index < -0.39 is 58.5 Å². The highest BCUT2D eigenvalue weighted by Gasteiger charge is 2.27. The molecule has 0 unspecified atom stereocenters. The van der Waals surface area contributed by atoms with Crippen LogP contribution >= 0.6 is 0 Å². The Morgan fingerprint density at radius 1 is 0.818 bits per heavy atom. The second kappa shape index (κ2) is 5.78. The molecule has 22 heavy (non-hydrogen) atoms. The lowest BCUT2D eigenvalue weighted by Gasteiger charge is -2.10. The Labute approximate surface area is 117 Å². The minimum absolute atomic E-state index is 0.253. The van der Waals surface area contributed by atoms with Crippen molar-refractivity contribution in [1.29, 1.82) is 0 Å². The number of nitrogens with zero attached hydrogens (tertiary/aromatic N) is 1. The summed E-state index contributed by atoms with van der Waals surface area (Å²) in [5.74, 6) is -14.0. The van der Waals surface area contributed by atoms with E-state index in [4.69, 9.17) is 0 Å². The van der Waals surface area contributed by atoms with E-state index in [2.05, 4.69) is 9.72 Å². The maximum atomic E-state index is 13.5. The first kappa shape index (κ1) is 16.0. The number of hydrogen-bond acceptors (Lipinski definition) is 2. The lowest BCUT2D eigenvalue weighted by molar-refractivity contribution is -0.0553. The van der Waals surface area contributed by atoms with Gasteiger partial charge in [-0.25, -0.2) is 31.3 Å². The van der Waals surface area contributed by atoms with E-state index in [9.17, 15) is 35.1 Å². The number of hydrogen-bond donors (Lipinski definition) is 0. The molecule has 0 spiro atoms. The van der Waals surface area contributed by atoms with Gasteiger partial charge in [0.1, 0.15) is 0 Å². The highest BCUT2D eigenvalue weighted by atomic mass is 19.3. The smallest absolute Gasteiger partial charge is 0.388 e. The summed E-state index contributed by atoms with van der Waals surface area (Å²) in [5, 5.41) is 0. The molecule has 0 aliphatic rings. The van der Waals surface area contributed by atoms with Gasteiger partial charge in [-0.05, 0) is 6.07 Å². The molecular formula is C12H3F8NO. The molecule has 0 saturated carbocycles. The normalized spacial score (nSPS) is 11.1. The molecule has 1 aromatic heterocycles. The Hall–Kier alpha value is -2.39. The summed E-state index contributed by atoms with van der Waals surface area (Å²) in [6.07, 6.45) is 0.430. The van der Waals surface area contributed by atoms with E-state index in [1.807, 2.05) is 0 Å². The average Bonchev–Trinajstić information content (AvgIpc) is 2.45. The Morgan fingerprint density at radius 3 is 1.77 bits per heavy atom. The molecule has 0 atom stereocenters. The van der Waals surface area contributed by atoms with Gasteiger partial charge in [0, 0.05) is 11.8 Å². The highest BCUT2D eigenvalue weighted by molar-refractivity contribution is 5.65. The van der Waals surface area contributed by atoms with Gasteiger partial charge in [0.05, 0.1) is 5.56 Å². The van der Waals surface area contributed by atoms with E-state index in [0.717, 1.165) is 0 Å². The summed E-state index contributed by atoms with van der Waals surface area (Å²) in [4.78, 5) is 3.01. The van der Waals surface area contributed by atoms with Crippen molar-refractivity contribution in [1.82, 2.24) is 4.98 Å². The molecule has 0 saturated heterocycles. The van der Waals surface area contributed by atoms with Crippen LogP contribution in [-0.2, 0) is 0 Å². The Balaban J connectivity index is 2.61. The van der Waals surface area contributed by atoms with Crippen molar-refractivity contribution < 1.29 is 39.9 Å². The third-order valence-corrected chi connectivity index (χ3v) is 2.51.